The zero-order valence-electron chi connectivity index (χ0n) is 15.7. The van der Waals surface area contributed by atoms with E-state index in [0.29, 0.717) is 12.8 Å². The third-order valence-electron chi connectivity index (χ3n) is 4.16. The Bertz CT molecular complexity index is 934. The van der Waals surface area contributed by atoms with E-state index in [2.05, 4.69) is 10.5 Å². The molecule has 0 unspecified atom stereocenters. The summed E-state index contributed by atoms with van der Waals surface area (Å²) in [7, 11) is 0. The van der Waals surface area contributed by atoms with Gasteiger partial charge in [-0.2, -0.15) is 5.10 Å². The van der Waals surface area contributed by atoms with Gasteiger partial charge in [-0.05, 0) is 42.7 Å². The second-order valence-electron chi connectivity index (χ2n) is 6.64. The lowest BCUT2D eigenvalue weighted by Gasteiger charge is -2.14. The Morgan fingerprint density at radius 2 is 1.78 bits per heavy atom. The van der Waals surface area contributed by atoms with Crippen LogP contribution in [0.1, 0.15) is 31.4 Å². The molecule has 0 saturated carbocycles. The molecule has 0 aliphatic carbocycles. The molecule has 3 aromatic rings. The van der Waals surface area contributed by atoms with Crippen molar-refractivity contribution in [3.8, 4) is 5.75 Å². The van der Waals surface area contributed by atoms with E-state index < -0.39 is 0 Å². The van der Waals surface area contributed by atoms with Crippen molar-refractivity contribution in [1.29, 1.82) is 0 Å². The molecule has 0 bridgehead atoms. The maximum absolute atomic E-state index is 12.1. The highest BCUT2D eigenvalue weighted by atomic mass is 16.5. The third kappa shape index (κ3) is 5.17. The van der Waals surface area contributed by atoms with Crippen molar-refractivity contribution in [2.24, 2.45) is 5.10 Å². The lowest BCUT2D eigenvalue weighted by atomic mass is 10.0. The predicted molar refractivity (Wildman–Crippen MR) is 110 cm³/mol. The molecule has 138 valence electrons. The minimum atomic E-state index is -0.110. The van der Waals surface area contributed by atoms with E-state index in [1.807, 2.05) is 80.6 Å². The normalized spacial score (nSPS) is 11.2. The van der Waals surface area contributed by atoms with Gasteiger partial charge in [-0.1, -0.05) is 60.7 Å². The molecule has 3 aromatic carbocycles. The molecule has 0 aliphatic heterocycles. The van der Waals surface area contributed by atoms with Gasteiger partial charge in [0.15, 0.2) is 0 Å². The van der Waals surface area contributed by atoms with Gasteiger partial charge in [0.25, 0.3) is 0 Å². The maximum Gasteiger partial charge on any atom is 0.240 e. The molecular formula is C23H24N2O2. The number of fused-ring (bicyclic) bond motifs is 1. The van der Waals surface area contributed by atoms with Crippen molar-refractivity contribution in [3.63, 3.8) is 0 Å². The number of benzene rings is 3. The summed E-state index contributed by atoms with van der Waals surface area (Å²) in [4.78, 5) is 12.1. The van der Waals surface area contributed by atoms with Crippen molar-refractivity contribution in [2.75, 3.05) is 0 Å². The van der Waals surface area contributed by atoms with Crippen LogP contribution in [0.2, 0.25) is 0 Å². The lowest BCUT2D eigenvalue weighted by Crippen LogP contribution is -2.18. The number of carbonyl (C=O) groups excluding carboxylic acids is 1. The summed E-state index contributed by atoms with van der Waals surface area (Å²) in [6.07, 6.45) is 2.81. The molecular weight excluding hydrogens is 336 g/mol. The second kappa shape index (κ2) is 8.99. The molecule has 4 nitrogen and oxygen atoms in total. The first-order valence-corrected chi connectivity index (χ1v) is 9.17. The lowest BCUT2D eigenvalue weighted by molar-refractivity contribution is -0.121. The summed E-state index contributed by atoms with van der Waals surface area (Å²) in [6, 6.07) is 22.0. The largest absolute Gasteiger partial charge is 0.490 e. The molecule has 4 heteroatoms. The molecule has 3 rings (SSSR count). The average molecular weight is 360 g/mol. The summed E-state index contributed by atoms with van der Waals surface area (Å²) < 4.78 is 5.91. The topological polar surface area (TPSA) is 50.7 Å². The fourth-order valence-corrected chi connectivity index (χ4v) is 2.89. The fourth-order valence-electron chi connectivity index (χ4n) is 2.89. The Labute approximate surface area is 159 Å². The molecule has 0 saturated heterocycles. The molecule has 0 aromatic heterocycles. The van der Waals surface area contributed by atoms with Gasteiger partial charge < -0.3 is 4.74 Å². The molecule has 0 radical (unpaired) electrons. The Balaban J connectivity index is 1.71. The Kier molecular flexibility index (Phi) is 6.21. The molecule has 1 N–H and O–H groups in total. The van der Waals surface area contributed by atoms with Crippen LogP contribution in [-0.4, -0.2) is 18.2 Å². The van der Waals surface area contributed by atoms with Crippen LogP contribution >= 0.6 is 0 Å². The van der Waals surface area contributed by atoms with Crippen molar-refractivity contribution < 1.29 is 9.53 Å². The number of rotatable bonds is 7. The van der Waals surface area contributed by atoms with E-state index in [1.54, 1.807) is 6.21 Å². The molecule has 0 spiro atoms. The zero-order chi connectivity index (χ0) is 19.1. The van der Waals surface area contributed by atoms with Crippen LogP contribution in [-0.2, 0) is 11.2 Å². The molecule has 0 atom stereocenters. The number of carbonyl (C=O) groups is 1. The van der Waals surface area contributed by atoms with Crippen molar-refractivity contribution in [2.45, 2.75) is 32.8 Å². The van der Waals surface area contributed by atoms with E-state index in [0.717, 1.165) is 27.6 Å². The number of hydrogen-bond donors (Lipinski definition) is 1. The predicted octanol–water partition coefficient (Wildman–Crippen LogP) is 4.71. The van der Waals surface area contributed by atoms with Gasteiger partial charge in [0.05, 0.1) is 12.3 Å². The van der Waals surface area contributed by atoms with Gasteiger partial charge >= 0.3 is 0 Å². The highest BCUT2D eigenvalue weighted by molar-refractivity contribution is 6.02. The minimum absolute atomic E-state index is 0.0544. The van der Waals surface area contributed by atoms with Gasteiger partial charge in [-0.25, -0.2) is 5.43 Å². The van der Waals surface area contributed by atoms with Crippen LogP contribution in [0.4, 0.5) is 0 Å². The number of amides is 1. The number of hydrogen-bond acceptors (Lipinski definition) is 3. The monoisotopic (exact) mass is 360 g/mol. The molecule has 27 heavy (non-hydrogen) atoms. The Morgan fingerprint density at radius 3 is 2.56 bits per heavy atom. The molecule has 0 aliphatic rings. The Morgan fingerprint density at radius 1 is 1.04 bits per heavy atom. The highest BCUT2D eigenvalue weighted by Crippen LogP contribution is 2.27. The van der Waals surface area contributed by atoms with Crippen molar-refractivity contribution in [3.05, 3.63) is 77.9 Å². The number of ether oxygens (including phenoxy) is 1. The Hall–Kier alpha value is -3.14. The second-order valence-corrected chi connectivity index (χ2v) is 6.64. The van der Waals surface area contributed by atoms with E-state index in [9.17, 15) is 4.79 Å². The minimum Gasteiger partial charge on any atom is -0.490 e. The van der Waals surface area contributed by atoms with E-state index in [4.69, 9.17) is 4.74 Å². The molecule has 1 amide bonds. The first kappa shape index (κ1) is 18.6. The number of aryl methyl sites for hydroxylation is 1. The standard InChI is InChI=1S/C23H24N2O2/c1-17(2)27-22-14-13-19-10-6-7-11-20(19)21(22)16-24-25-23(26)15-12-18-8-4-3-5-9-18/h3-11,13-14,16-17H,12,15H2,1-2H3,(H,25,26)/b24-16+. The van der Waals surface area contributed by atoms with Crippen LogP contribution in [0.5, 0.6) is 5.75 Å². The highest BCUT2D eigenvalue weighted by Gasteiger charge is 2.09. The fraction of sp³-hybridized carbons (Fsp3) is 0.217. The van der Waals surface area contributed by atoms with Gasteiger partial charge in [0, 0.05) is 12.0 Å². The van der Waals surface area contributed by atoms with Crippen LogP contribution in [0.25, 0.3) is 10.8 Å². The summed E-state index contributed by atoms with van der Waals surface area (Å²) in [6.45, 7) is 3.98. The van der Waals surface area contributed by atoms with Gasteiger partial charge in [0.2, 0.25) is 5.91 Å². The number of hydrazone groups is 1. The van der Waals surface area contributed by atoms with Crippen molar-refractivity contribution >= 4 is 22.9 Å². The third-order valence-corrected chi connectivity index (χ3v) is 4.16. The van der Waals surface area contributed by atoms with Crippen LogP contribution < -0.4 is 10.2 Å². The quantitative estimate of drug-likeness (QED) is 0.490. The first-order valence-electron chi connectivity index (χ1n) is 9.17. The molecule has 0 heterocycles. The average Bonchev–Trinajstić information content (AvgIpc) is 2.68. The van der Waals surface area contributed by atoms with Gasteiger partial charge in [-0.15, -0.1) is 0 Å². The molecule has 0 fully saturated rings. The number of nitrogens with zero attached hydrogens (tertiary/aromatic N) is 1. The summed E-state index contributed by atoms with van der Waals surface area (Å²) in [5.41, 5.74) is 4.62. The number of nitrogens with one attached hydrogen (secondary N) is 1. The van der Waals surface area contributed by atoms with E-state index in [1.165, 1.54) is 0 Å². The zero-order valence-corrected chi connectivity index (χ0v) is 15.7. The van der Waals surface area contributed by atoms with E-state index >= 15 is 0 Å². The van der Waals surface area contributed by atoms with Crippen LogP contribution in [0.15, 0.2) is 71.8 Å². The summed E-state index contributed by atoms with van der Waals surface area (Å²) >= 11 is 0. The summed E-state index contributed by atoms with van der Waals surface area (Å²) in [5.74, 6) is 0.646. The van der Waals surface area contributed by atoms with E-state index in [-0.39, 0.29) is 12.0 Å². The van der Waals surface area contributed by atoms with Crippen LogP contribution in [0, 0.1) is 0 Å². The van der Waals surface area contributed by atoms with Gasteiger partial charge in [0.1, 0.15) is 5.75 Å². The smallest absolute Gasteiger partial charge is 0.240 e. The van der Waals surface area contributed by atoms with Gasteiger partial charge in [-0.3, -0.25) is 4.79 Å². The maximum atomic E-state index is 12.1. The van der Waals surface area contributed by atoms with Crippen molar-refractivity contribution in [1.82, 2.24) is 5.43 Å². The SMILES string of the molecule is CC(C)Oc1ccc2ccccc2c1/C=N/NC(=O)CCc1ccccc1. The summed E-state index contributed by atoms with van der Waals surface area (Å²) in [5, 5.41) is 6.31. The van der Waals surface area contributed by atoms with Crippen LogP contribution in [0.3, 0.4) is 0 Å². The first-order chi connectivity index (χ1) is 13.1.